The summed E-state index contributed by atoms with van der Waals surface area (Å²) in [5.41, 5.74) is 6.49. The summed E-state index contributed by atoms with van der Waals surface area (Å²) in [6.45, 7) is 2.77. The van der Waals surface area contributed by atoms with Crippen LogP contribution in [0.4, 0.5) is 0 Å². The number of hydrazine groups is 1. The molecule has 0 aliphatic heterocycles. The van der Waals surface area contributed by atoms with Crippen molar-refractivity contribution in [2.45, 2.75) is 13.5 Å². The molecule has 3 rings (SSSR count). The number of hydrogen-bond donors (Lipinski definition) is 2. The van der Waals surface area contributed by atoms with Gasteiger partial charge in [0.05, 0.1) is 6.61 Å². The molecular formula is C22H21N3O4. The molecule has 1 heterocycles. The monoisotopic (exact) mass is 391 g/mol. The van der Waals surface area contributed by atoms with Gasteiger partial charge in [-0.05, 0) is 55.5 Å². The molecule has 0 aliphatic rings. The van der Waals surface area contributed by atoms with Crippen molar-refractivity contribution in [2.75, 3.05) is 6.61 Å². The average Bonchev–Trinajstić information content (AvgIpc) is 2.77. The molecule has 7 nitrogen and oxygen atoms in total. The normalized spacial score (nSPS) is 10.1. The lowest BCUT2D eigenvalue weighted by molar-refractivity contribution is 0.0846. The minimum Gasteiger partial charge on any atom is -0.494 e. The maximum Gasteiger partial charge on any atom is 0.269 e. The Morgan fingerprint density at radius 3 is 2.31 bits per heavy atom. The molecule has 2 aromatic carbocycles. The Morgan fingerprint density at radius 2 is 1.62 bits per heavy atom. The van der Waals surface area contributed by atoms with Gasteiger partial charge in [-0.15, -0.1) is 0 Å². The van der Waals surface area contributed by atoms with Gasteiger partial charge in [-0.2, -0.15) is 0 Å². The summed E-state index contributed by atoms with van der Waals surface area (Å²) in [6, 6.07) is 17.1. The van der Waals surface area contributed by atoms with Gasteiger partial charge in [0.2, 0.25) is 0 Å². The largest absolute Gasteiger partial charge is 0.494 e. The number of pyridine rings is 1. The zero-order chi connectivity index (χ0) is 20.5. The molecular weight excluding hydrogens is 370 g/mol. The number of benzene rings is 2. The highest BCUT2D eigenvalue weighted by molar-refractivity contribution is 5.99. The van der Waals surface area contributed by atoms with Crippen molar-refractivity contribution in [3.63, 3.8) is 0 Å². The van der Waals surface area contributed by atoms with Gasteiger partial charge in [-0.3, -0.25) is 25.4 Å². The third kappa shape index (κ3) is 5.80. The Labute approximate surface area is 168 Å². The average molecular weight is 391 g/mol. The van der Waals surface area contributed by atoms with Crippen LogP contribution < -0.4 is 20.3 Å². The lowest BCUT2D eigenvalue weighted by Crippen LogP contribution is -2.41. The second-order valence-electron chi connectivity index (χ2n) is 6.04. The number of ether oxygens (including phenoxy) is 2. The predicted molar refractivity (Wildman–Crippen MR) is 108 cm³/mol. The number of rotatable bonds is 7. The second-order valence-corrected chi connectivity index (χ2v) is 6.04. The number of nitrogens with zero attached hydrogens (tertiary/aromatic N) is 1. The molecule has 1 aromatic heterocycles. The molecule has 0 unspecified atom stereocenters. The molecule has 2 N–H and O–H groups in total. The predicted octanol–water partition coefficient (Wildman–Crippen LogP) is 3.13. The molecule has 0 aliphatic carbocycles. The molecule has 0 bridgehead atoms. The van der Waals surface area contributed by atoms with E-state index >= 15 is 0 Å². The van der Waals surface area contributed by atoms with Crippen LogP contribution in [0.1, 0.15) is 33.2 Å². The molecule has 148 valence electrons. The van der Waals surface area contributed by atoms with E-state index < -0.39 is 11.8 Å². The molecule has 2 amide bonds. The van der Waals surface area contributed by atoms with Gasteiger partial charge in [-0.1, -0.05) is 12.1 Å². The van der Waals surface area contributed by atoms with E-state index in [9.17, 15) is 9.59 Å². The molecule has 0 fully saturated rings. The Bertz CT molecular complexity index is 959. The van der Waals surface area contributed by atoms with Gasteiger partial charge in [0, 0.05) is 29.1 Å². The summed E-state index contributed by atoms with van der Waals surface area (Å²) in [5.74, 6) is 0.344. The zero-order valence-corrected chi connectivity index (χ0v) is 15.9. The van der Waals surface area contributed by atoms with Gasteiger partial charge in [0.25, 0.3) is 11.8 Å². The highest BCUT2D eigenvalue weighted by atomic mass is 16.5. The van der Waals surface area contributed by atoms with Crippen molar-refractivity contribution in [1.82, 2.24) is 15.8 Å². The van der Waals surface area contributed by atoms with Crippen LogP contribution in [0.5, 0.6) is 11.5 Å². The fraction of sp³-hybridized carbons (Fsp3) is 0.136. The van der Waals surface area contributed by atoms with Gasteiger partial charge >= 0.3 is 0 Å². The maximum absolute atomic E-state index is 12.3. The van der Waals surface area contributed by atoms with Crippen LogP contribution in [-0.4, -0.2) is 23.4 Å². The third-order valence-electron chi connectivity index (χ3n) is 3.94. The number of aromatic nitrogens is 1. The van der Waals surface area contributed by atoms with E-state index in [0.717, 1.165) is 5.56 Å². The molecule has 0 spiro atoms. The van der Waals surface area contributed by atoms with Gasteiger partial charge < -0.3 is 9.47 Å². The fourth-order valence-corrected chi connectivity index (χ4v) is 2.50. The summed E-state index contributed by atoms with van der Waals surface area (Å²) in [5, 5.41) is 0. The van der Waals surface area contributed by atoms with Gasteiger partial charge in [0.15, 0.2) is 0 Å². The topological polar surface area (TPSA) is 89.6 Å². The number of hydrogen-bond acceptors (Lipinski definition) is 5. The first-order chi connectivity index (χ1) is 14.2. The van der Waals surface area contributed by atoms with Crippen molar-refractivity contribution in [1.29, 1.82) is 0 Å². The van der Waals surface area contributed by atoms with Gasteiger partial charge in [0.1, 0.15) is 18.1 Å². The van der Waals surface area contributed by atoms with Crippen molar-refractivity contribution >= 4 is 11.8 Å². The van der Waals surface area contributed by atoms with E-state index in [1.165, 1.54) is 0 Å². The van der Waals surface area contributed by atoms with Crippen LogP contribution in [0.2, 0.25) is 0 Å². The van der Waals surface area contributed by atoms with Crippen LogP contribution in [-0.2, 0) is 6.61 Å². The summed E-state index contributed by atoms with van der Waals surface area (Å²) in [6.07, 6.45) is 3.41. The summed E-state index contributed by atoms with van der Waals surface area (Å²) in [7, 11) is 0. The van der Waals surface area contributed by atoms with Crippen molar-refractivity contribution in [3.8, 4) is 11.5 Å². The molecule has 0 saturated heterocycles. The Hall–Kier alpha value is -3.87. The standard InChI is InChI=1S/C22H21N3O4/c1-2-28-19-10-8-17(9-11-19)21(26)24-25-22(27)18-6-3-7-20(13-18)29-15-16-5-4-12-23-14-16/h3-14H,2,15H2,1H3,(H,24,26)(H,25,27). The minimum absolute atomic E-state index is 0.341. The first kappa shape index (κ1) is 19.9. The molecule has 7 heteroatoms. The van der Waals surface area contributed by atoms with E-state index in [2.05, 4.69) is 15.8 Å². The van der Waals surface area contributed by atoms with Crippen LogP contribution >= 0.6 is 0 Å². The van der Waals surface area contributed by atoms with E-state index in [4.69, 9.17) is 9.47 Å². The van der Waals surface area contributed by atoms with E-state index in [0.29, 0.717) is 35.8 Å². The minimum atomic E-state index is -0.448. The maximum atomic E-state index is 12.3. The van der Waals surface area contributed by atoms with E-state index in [-0.39, 0.29) is 0 Å². The van der Waals surface area contributed by atoms with Crippen molar-refractivity contribution < 1.29 is 19.1 Å². The van der Waals surface area contributed by atoms with E-state index in [1.807, 2.05) is 19.1 Å². The fourth-order valence-electron chi connectivity index (χ4n) is 2.50. The smallest absolute Gasteiger partial charge is 0.269 e. The molecule has 0 atom stereocenters. The Morgan fingerprint density at radius 1 is 0.862 bits per heavy atom. The van der Waals surface area contributed by atoms with Crippen LogP contribution in [0, 0.1) is 0 Å². The highest BCUT2D eigenvalue weighted by Gasteiger charge is 2.10. The van der Waals surface area contributed by atoms with Gasteiger partial charge in [-0.25, -0.2) is 0 Å². The van der Waals surface area contributed by atoms with Crippen LogP contribution in [0.3, 0.4) is 0 Å². The van der Waals surface area contributed by atoms with Crippen LogP contribution in [0.15, 0.2) is 73.1 Å². The lowest BCUT2D eigenvalue weighted by atomic mass is 10.2. The quantitative estimate of drug-likeness (QED) is 0.604. The number of nitrogens with one attached hydrogen (secondary N) is 2. The highest BCUT2D eigenvalue weighted by Crippen LogP contribution is 2.15. The molecule has 3 aromatic rings. The zero-order valence-electron chi connectivity index (χ0n) is 15.9. The Kier molecular flexibility index (Phi) is 6.78. The summed E-state index contributed by atoms with van der Waals surface area (Å²) < 4.78 is 11.0. The molecule has 29 heavy (non-hydrogen) atoms. The summed E-state index contributed by atoms with van der Waals surface area (Å²) in [4.78, 5) is 28.5. The number of amides is 2. The number of carbonyl (C=O) groups excluding carboxylic acids is 2. The number of carbonyl (C=O) groups is 2. The second kappa shape index (κ2) is 9.89. The first-order valence-corrected chi connectivity index (χ1v) is 9.11. The first-order valence-electron chi connectivity index (χ1n) is 9.11. The van der Waals surface area contributed by atoms with Crippen molar-refractivity contribution in [3.05, 3.63) is 89.7 Å². The lowest BCUT2D eigenvalue weighted by Gasteiger charge is -2.10. The Balaban J connectivity index is 1.54. The van der Waals surface area contributed by atoms with Crippen LogP contribution in [0.25, 0.3) is 0 Å². The summed E-state index contributed by atoms with van der Waals surface area (Å²) >= 11 is 0. The van der Waals surface area contributed by atoms with E-state index in [1.54, 1.807) is 60.9 Å². The molecule has 0 saturated carbocycles. The third-order valence-corrected chi connectivity index (χ3v) is 3.94. The SMILES string of the molecule is CCOc1ccc(C(=O)NNC(=O)c2cccc(OCc3cccnc3)c2)cc1. The molecule has 0 radical (unpaired) electrons. The van der Waals surface area contributed by atoms with Crippen molar-refractivity contribution in [2.24, 2.45) is 0 Å².